The number of unbranched alkanes of at least 4 members (excludes halogenated alkanes) is 12. The van der Waals surface area contributed by atoms with Gasteiger partial charge >= 0.3 is 5.97 Å². The summed E-state index contributed by atoms with van der Waals surface area (Å²) in [4.78, 5) is 10.9. The van der Waals surface area contributed by atoms with Crippen molar-refractivity contribution in [2.45, 2.75) is 96.8 Å². The number of nitrogens with one attached hydrogen (secondary N) is 1. The largest absolute Gasteiger partial charge is 0.469 e. The second-order valence-corrected chi connectivity index (χ2v) is 6.32. The lowest BCUT2D eigenvalue weighted by Gasteiger charge is -2.04. The van der Waals surface area contributed by atoms with E-state index in [1.165, 1.54) is 90.6 Å². The van der Waals surface area contributed by atoms with Crippen molar-refractivity contribution >= 4 is 5.97 Å². The molecule has 0 aliphatic carbocycles. The Morgan fingerprint density at radius 2 is 1.18 bits per heavy atom. The summed E-state index contributed by atoms with van der Waals surface area (Å²) >= 11 is 0. The number of methoxy groups -OCH3 is 1. The second kappa shape index (κ2) is 18.5. The quantitative estimate of drug-likeness (QED) is 0.295. The molecule has 0 saturated heterocycles. The molecule has 0 rings (SSSR count). The van der Waals surface area contributed by atoms with Gasteiger partial charge in [0.25, 0.3) is 0 Å². The zero-order chi connectivity index (χ0) is 16.3. The van der Waals surface area contributed by atoms with Gasteiger partial charge in [-0.25, -0.2) is 0 Å². The summed E-state index contributed by atoms with van der Waals surface area (Å²) < 4.78 is 4.60. The third-order valence-electron chi connectivity index (χ3n) is 4.19. The van der Waals surface area contributed by atoms with Crippen molar-refractivity contribution in [3.05, 3.63) is 0 Å². The van der Waals surface area contributed by atoms with E-state index in [2.05, 4.69) is 17.0 Å². The van der Waals surface area contributed by atoms with Crippen LogP contribution in [0.1, 0.15) is 96.8 Å². The van der Waals surface area contributed by atoms with Gasteiger partial charge in [-0.15, -0.1) is 0 Å². The molecule has 0 atom stereocenters. The molecular formula is C19H39NO2. The Kier molecular flexibility index (Phi) is 18.0. The lowest BCUT2D eigenvalue weighted by atomic mass is 10.0. The van der Waals surface area contributed by atoms with Crippen LogP contribution in [0.4, 0.5) is 0 Å². The van der Waals surface area contributed by atoms with E-state index in [-0.39, 0.29) is 5.97 Å². The van der Waals surface area contributed by atoms with Crippen LogP contribution in [0.2, 0.25) is 0 Å². The lowest BCUT2D eigenvalue weighted by molar-refractivity contribution is -0.140. The van der Waals surface area contributed by atoms with Gasteiger partial charge in [0.15, 0.2) is 0 Å². The Labute approximate surface area is 138 Å². The Balaban J connectivity index is 2.98. The predicted molar refractivity (Wildman–Crippen MR) is 95.2 cm³/mol. The molecule has 0 bridgehead atoms. The zero-order valence-electron chi connectivity index (χ0n) is 15.1. The monoisotopic (exact) mass is 313 g/mol. The molecule has 3 heteroatoms. The van der Waals surface area contributed by atoms with Crippen LogP contribution in [0.3, 0.4) is 0 Å². The fourth-order valence-corrected chi connectivity index (χ4v) is 2.69. The van der Waals surface area contributed by atoms with Gasteiger partial charge in [-0.1, -0.05) is 84.0 Å². The maximum Gasteiger partial charge on any atom is 0.306 e. The Bertz CT molecular complexity index is 231. The van der Waals surface area contributed by atoms with Crippen LogP contribution in [0.5, 0.6) is 0 Å². The van der Waals surface area contributed by atoms with Crippen LogP contribution in [0.15, 0.2) is 0 Å². The van der Waals surface area contributed by atoms with Crippen molar-refractivity contribution in [3.8, 4) is 0 Å². The van der Waals surface area contributed by atoms with Crippen LogP contribution < -0.4 is 5.32 Å². The molecule has 0 unspecified atom stereocenters. The minimum Gasteiger partial charge on any atom is -0.469 e. The van der Waals surface area contributed by atoms with E-state index in [4.69, 9.17) is 0 Å². The van der Waals surface area contributed by atoms with Crippen molar-refractivity contribution in [2.75, 3.05) is 20.2 Å². The average molecular weight is 314 g/mol. The molecule has 3 nitrogen and oxygen atoms in total. The van der Waals surface area contributed by atoms with Crippen LogP contribution in [0, 0.1) is 0 Å². The first kappa shape index (κ1) is 21.4. The van der Waals surface area contributed by atoms with E-state index in [9.17, 15) is 4.79 Å². The minimum absolute atomic E-state index is 0.127. The molecule has 0 spiro atoms. The Morgan fingerprint density at radius 1 is 0.727 bits per heavy atom. The van der Waals surface area contributed by atoms with E-state index < -0.39 is 0 Å². The Morgan fingerprint density at radius 3 is 1.64 bits per heavy atom. The van der Waals surface area contributed by atoms with Crippen LogP contribution in [-0.4, -0.2) is 26.2 Å². The fourth-order valence-electron chi connectivity index (χ4n) is 2.69. The highest BCUT2D eigenvalue weighted by Gasteiger charge is 1.98. The molecule has 0 amide bonds. The summed E-state index contributed by atoms with van der Waals surface area (Å²) in [6.45, 7) is 4.04. The number of ether oxygens (including phenoxy) is 1. The first-order valence-electron chi connectivity index (χ1n) is 9.58. The smallest absolute Gasteiger partial charge is 0.306 e. The summed E-state index contributed by atoms with van der Waals surface area (Å²) in [5, 5.41) is 3.29. The molecule has 0 radical (unpaired) electrons. The number of rotatable bonds is 17. The number of carbonyl (C=O) groups excluding carboxylic acids is 1. The van der Waals surface area contributed by atoms with E-state index in [1.54, 1.807) is 0 Å². The summed E-state index contributed by atoms with van der Waals surface area (Å²) in [6, 6.07) is 0. The topological polar surface area (TPSA) is 38.3 Å². The molecule has 0 fully saturated rings. The lowest BCUT2D eigenvalue weighted by Crippen LogP contribution is -2.19. The number of hydrogen-bond acceptors (Lipinski definition) is 3. The van der Waals surface area contributed by atoms with Crippen LogP contribution in [0.25, 0.3) is 0 Å². The average Bonchev–Trinajstić information content (AvgIpc) is 2.54. The van der Waals surface area contributed by atoms with E-state index in [1.807, 2.05) is 0 Å². The number of carbonyl (C=O) groups is 1. The normalized spacial score (nSPS) is 10.8. The third kappa shape index (κ3) is 17.5. The van der Waals surface area contributed by atoms with Crippen molar-refractivity contribution < 1.29 is 9.53 Å². The fraction of sp³-hybridized carbons (Fsp3) is 0.947. The molecular weight excluding hydrogens is 274 g/mol. The van der Waals surface area contributed by atoms with Gasteiger partial charge in [-0.05, 0) is 13.0 Å². The van der Waals surface area contributed by atoms with E-state index in [0.717, 1.165) is 13.1 Å². The molecule has 0 aliphatic rings. The Hall–Kier alpha value is -0.570. The van der Waals surface area contributed by atoms with Crippen LogP contribution >= 0.6 is 0 Å². The van der Waals surface area contributed by atoms with Crippen LogP contribution in [-0.2, 0) is 9.53 Å². The number of hydrogen-bond donors (Lipinski definition) is 1. The minimum atomic E-state index is -0.127. The van der Waals surface area contributed by atoms with Crippen molar-refractivity contribution in [3.63, 3.8) is 0 Å². The molecule has 22 heavy (non-hydrogen) atoms. The standard InChI is InChI=1S/C19H39NO2/c1-3-4-5-6-7-8-9-10-11-12-13-14-15-17-20-18-16-19(21)22-2/h20H,3-18H2,1-2H3. The number of esters is 1. The highest BCUT2D eigenvalue weighted by atomic mass is 16.5. The van der Waals surface area contributed by atoms with Gasteiger partial charge < -0.3 is 10.1 Å². The van der Waals surface area contributed by atoms with Gasteiger partial charge in [-0.3, -0.25) is 4.79 Å². The van der Waals surface area contributed by atoms with Crippen molar-refractivity contribution in [2.24, 2.45) is 0 Å². The second-order valence-electron chi connectivity index (χ2n) is 6.32. The van der Waals surface area contributed by atoms with Gasteiger partial charge in [0.2, 0.25) is 0 Å². The van der Waals surface area contributed by atoms with Crippen molar-refractivity contribution in [1.29, 1.82) is 0 Å². The highest BCUT2D eigenvalue weighted by molar-refractivity contribution is 5.69. The molecule has 0 aromatic rings. The molecule has 0 aliphatic heterocycles. The summed E-state index contributed by atoms with van der Waals surface area (Å²) in [7, 11) is 1.44. The molecule has 0 aromatic heterocycles. The van der Waals surface area contributed by atoms with Crippen molar-refractivity contribution in [1.82, 2.24) is 5.32 Å². The molecule has 0 heterocycles. The van der Waals surface area contributed by atoms with Gasteiger partial charge in [0.1, 0.15) is 0 Å². The first-order valence-corrected chi connectivity index (χ1v) is 9.58. The van der Waals surface area contributed by atoms with E-state index >= 15 is 0 Å². The van der Waals surface area contributed by atoms with E-state index in [0.29, 0.717) is 6.42 Å². The van der Waals surface area contributed by atoms with Gasteiger partial charge in [-0.2, -0.15) is 0 Å². The SMILES string of the molecule is CCCCCCCCCCCCCCCNCCC(=O)OC. The predicted octanol–water partition coefficient (Wildman–Crippen LogP) is 5.23. The zero-order valence-corrected chi connectivity index (χ0v) is 15.1. The summed E-state index contributed by atoms with van der Waals surface area (Å²) in [6.07, 6.45) is 18.5. The summed E-state index contributed by atoms with van der Waals surface area (Å²) in [5.41, 5.74) is 0. The maximum absolute atomic E-state index is 10.9. The molecule has 1 N–H and O–H groups in total. The summed E-state index contributed by atoms with van der Waals surface area (Å²) in [5.74, 6) is -0.127. The molecule has 0 aromatic carbocycles. The van der Waals surface area contributed by atoms with Gasteiger partial charge in [0, 0.05) is 6.54 Å². The highest BCUT2D eigenvalue weighted by Crippen LogP contribution is 2.12. The molecule has 0 saturated carbocycles. The molecule has 132 valence electrons. The van der Waals surface area contributed by atoms with Gasteiger partial charge in [0.05, 0.1) is 13.5 Å². The first-order chi connectivity index (χ1) is 10.8. The maximum atomic E-state index is 10.9. The third-order valence-corrected chi connectivity index (χ3v) is 4.19.